The molecule has 0 bridgehead atoms. The molecule has 0 amide bonds. The number of nitrogens with zero attached hydrogens (tertiary/aromatic N) is 3. The van der Waals surface area contributed by atoms with Gasteiger partial charge < -0.3 is 19.9 Å². The highest BCUT2D eigenvalue weighted by Crippen LogP contribution is 2.21. The fourth-order valence-corrected chi connectivity index (χ4v) is 3.34. The lowest BCUT2D eigenvalue weighted by molar-refractivity contribution is 0.248. The second-order valence-electron chi connectivity index (χ2n) is 6.60. The molecule has 0 heterocycles. The summed E-state index contributed by atoms with van der Waals surface area (Å²) in [6, 6.07) is 8.95. The Morgan fingerprint density at radius 3 is 2.46 bits per heavy atom. The van der Waals surface area contributed by atoms with Crippen LogP contribution in [-0.2, 0) is 6.54 Å². The van der Waals surface area contributed by atoms with Gasteiger partial charge in [-0.25, -0.2) is 0 Å². The lowest BCUT2D eigenvalue weighted by Gasteiger charge is -2.26. The summed E-state index contributed by atoms with van der Waals surface area (Å²) in [4.78, 5) is 9.03. The Kier molecular flexibility index (Phi) is 7.37. The van der Waals surface area contributed by atoms with Crippen molar-refractivity contribution < 1.29 is 4.74 Å². The van der Waals surface area contributed by atoms with Crippen LogP contribution in [0.5, 0.6) is 5.75 Å². The van der Waals surface area contributed by atoms with Gasteiger partial charge in [-0.2, -0.15) is 0 Å². The van der Waals surface area contributed by atoms with Gasteiger partial charge in [0, 0.05) is 39.8 Å². The first kappa shape index (κ1) is 18.6. The van der Waals surface area contributed by atoms with Crippen LogP contribution in [0.4, 0.5) is 0 Å². The van der Waals surface area contributed by atoms with Crippen LogP contribution >= 0.6 is 0 Å². The topological polar surface area (TPSA) is 40.1 Å². The van der Waals surface area contributed by atoms with E-state index < -0.39 is 0 Å². The van der Waals surface area contributed by atoms with E-state index in [4.69, 9.17) is 4.74 Å². The molecular weight excluding hydrogens is 300 g/mol. The predicted molar refractivity (Wildman–Crippen MR) is 101 cm³/mol. The van der Waals surface area contributed by atoms with Crippen LogP contribution in [0.25, 0.3) is 0 Å². The van der Waals surface area contributed by atoms with E-state index in [1.165, 1.54) is 31.2 Å². The van der Waals surface area contributed by atoms with Gasteiger partial charge in [-0.3, -0.25) is 4.99 Å². The molecule has 5 heteroatoms. The minimum Gasteiger partial charge on any atom is -0.497 e. The van der Waals surface area contributed by atoms with Gasteiger partial charge in [-0.15, -0.1) is 0 Å². The molecule has 24 heavy (non-hydrogen) atoms. The Morgan fingerprint density at radius 1 is 1.21 bits per heavy atom. The zero-order valence-electron chi connectivity index (χ0n) is 15.6. The molecule has 1 saturated carbocycles. The molecule has 1 aromatic rings. The van der Waals surface area contributed by atoms with Crippen LogP contribution in [0.2, 0.25) is 0 Å². The Balaban J connectivity index is 1.77. The number of guanidine groups is 1. The van der Waals surface area contributed by atoms with Crippen LogP contribution in [0, 0.1) is 0 Å². The third-order valence-electron chi connectivity index (χ3n) is 4.85. The van der Waals surface area contributed by atoms with Crippen molar-refractivity contribution in [1.82, 2.24) is 15.1 Å². The van der Waals surface area contributed by atoms with Gasteiger partial charge in [0.05, 0.1) is 7.11 Å². The summed E-state index contributed by atoms with van der Waals surface area (Å²) in [7, 11) is 7.84. The van der Waals surface area contributed by atoms with Crippen molar-refractivity contribution in [2.75, 3.05) is 41.3 Å². The predicted octanol–water partition coefficient (Wildman–Crippen LogP) is 2.58. The molecule has 0 saturated heterocycles. The number of ether oxygens (including phenoxy) is 1. The molecule has 1 aliphatic rings. The Morgan fingerprint density at radius 2 is 1.88 bits per heavy atom. The third kappa shape index (κ3) is 5.41. The van der Waals surface area contributed by atoms with Crippen molar-refractivity contribution in [3.05, 3.63) is 29.8 Å². The Hall–Kier alpha value is -1.75. The standard InChI is InChI=1S/C19H32N4O/c1-20-19(21-13-14-22(2)17-7-5-6-8-17)23(3)15-16-9-11-18(24-4)12-10-16/h9-12,17H,5-8,13-15H2,1-4H3,(H,20,21). The number of hydrogen-bond acceptors (Lipinski definition) is 3. The van der Waals surface area contributed by atoms with Crippen LogP contribution in [0.15, 0.2) is 29.3 Å². The van der Waals surface area contributed by atoms with E-state index in [0.717, 1.165) is 37.4 Å². The number of hydrogen-bond donors (Lipinski definition) is 1. The zero-order valence-corrected chi connectivity index (χ0v) is 15.6. The van der Waals surface area contributed by atoms with Gasteiger partial charge in [-0.1, -0.05) is 25.0 Å². The molecule has 5 nitrogen and oxygen atoms in total. The maximum atomic E-state index is 5.21. The molecule has 0 radical (unpaired) electrons. The molecule has 1 fully saturated rings. The molecule has 0 unspecified atom stereocenters. The fraction of sp³-hybridized carbons (Fsp3) is 0.632. The van der Waals surface area contributed by atoms with Crippen LogP contribution in [0.1, 0.15) is 31.2 Å². The lowest BCUT2D eigenvalue weighted by Crippen LogP contribution is -2.43. The van der Waals surface area contributed by atoms with E-state index in [0.29, 0.717) is 0 Å². The van der Waals surface area contributed by atoms with Crippen LogP contribution in [-0.4, -0.2) is 63.1 Å². The van der Waals surface area contributed by atoms with E-state index in [2.05, 4.69) is 46.3 Å². The smallest absolute Gasteiger partial charge is 0.193 e. The largest absolute Gasteiger partial charge is 0.497 e. The van der Waals surface area contributed by atoms with E-state index in [9.17, 15) is 0 Å². The number of likely N-dealkylation sites (N-methyl/N-ethyl adjacent to an activating group) is 1. The molecule has 0 atom stereocenters. The first-order valence-electron chi connectivity index (χ1n) is 8.89. The van der Waals surface area contributed by atoms with Crippen LogP contribution < -0.4 is 10.1 Å². The Bertz CT molecular complexity index is 509. The molecule has 1 N–H and O–H groups in total. The van der Waals surface area contributed by atoms with Crippen LogP contribution in [0.3, 0.4) is 0 Å². The van der Waals surface area contributed by atoms with Crippen molar-refractivity contribution in [1.29, 1.82) is 0 Å². The van der Waals surface area contributed by atoms with E-state index >= 15 is 0 Å². The summed E-state index contributed by atoms with van der Waals surface area (Å²) in [6.07, 6.45) is 5.47. The van der Waals surface area contributed by atoms with Gasteiger partial charge in [0.2, 0.25) is 0 Å². The highest BCUT2D eigenvalue weighted by molar-refractivity contribution is 5.79. The minimum atomic E-state index is 0.769. The van der Waals surface area contributed by atoms with Gasteiger partial charge >= 0.3 is 0 Å². The minimum absolute atomic E-state index is 0.769. The van der Waals surface area contributed by atoms with Gasteiger partial charge in [-0.05, 0) is 37.6 Å². The van der Waals surface area contributed by atoms with Gasteiger partial charge in [0.1, 0.15) is 5.75 Å². The number of aliphatic imine (C=N–C) groups is 1. The number of nitrogens with one attached hydrogen (secondary N) is 1. The van der Waals surface area contributed by atoms with Gasteiger partial charge in [0.25, 0.3) is 0 Å². The van der Waals surface area contributed by atoms with Gasteiger partial charge in [0.15, 0.2) is 5.96 Å². The summed E-state index contributed by atoms with van der Waals surface area (Å²) < 4.78 is 5.21. The summed E-state index contributed by atoms with van der Waals surface area (Å²) in [5, 5.41) is 3.48. The average molecular weight is 332 g/mol. The van der Waals surface area contributed by atoms with Crippen molar-refractivity contribution in [2.24, 2.45) is 4.99 Å². The first-order chi connectivity index (χ1) is 11.6. The molecular formula is C19H32N4O. The quantitative estimate of drug-likeness (QED) is 0.615. The number of benzene rings is 1. The second kappa shape index (κ2) is 9.52. The molecule has 2 rings (SSSR count). The third-order valence-corrected chi connectivity index (χ3v) is 4.85. The van der Waals surface area contributed by atoms with Crippen molar-refractivity contribution >= 4 is 5.96 Å². The highest BCUT2D eigenvalue weighted by atomic mass is 16.5. The SMILES string of the molecule is CN=C(NCCN(C)C1CCCC1)N(C)Cc1ccc(OC)cc1. The maximum Gasteiger partial charge on any atom is 0.193 e. The first-order valence-corrected chi connectivity index (χ1v) is 8.89. The zero-order chi connectivity index (χ0) is 17.4. The summed E-state index contributed by atoms with van der Waals surface area (Å²) >= 11 is 0. The van der Waals surface area contributed by atoms with Crippen molar-refractivity contribution in [3.8, 4) is 5.75 Å². The molecule has 0 aromatic heterocycles. The molecule has 1 aromatic carbocycles. The summed E-state index contributed by atoms with van der Waals surface area (Å²) in [5.74, 6) is 1.82. The monoisotopic (exact) mass is 332 g/mol. The van der Waals surface area contributed by atoms with E-state index in [-0.39, 0.29) is 0 Å². The van der Waals surface area contributed by atoms with Crippen molar-refractivity contribution in [2.45, 2.75) is 38.3 Å². The maximum absolute atomic E-state index is 5.21. The Labute approximate surface area is 146 Å². The normalized spacial score (nSPS) is 15.8. The fourth-order valence-electron chi connectivity index (χ4n) is 3.34. The molecule has 0 aliphatic heterocycles. The number of methoxy groups -OCH3 is 1. The second-order valence-corrected chi connectivity index (χ2v) is 6.60. The summed E-state index contributed by atoms with van der Waals surface area (Å²) in [5.41, 5.74) is 1.24. The van der Waals surface area contributed by atoms with E-state index in [1.54, 1.807) is 7.11 Å². The van der Waals surface area contributed by atoms with Crippen molar-refractivity contribution in [3.63, 3.8) is 0 Å². The number of rotatable bonds is 7. The molecule has 134 valence electrons. The molecule has 0 spiro atoms. The average Bonchev–Trinajstić information content (AvgIpc) is 3.14. The molecule has 1 aliphatic carbocycles. The van der Waals surface area contributed by atoms with E-state index in [1.807, 2.05) is 19.2 Å². The lowest BCUT2D eigenvalue weighted by atomic mass is 10.2. The highest BCUT2D eigenvalue weighted by Gasteiger charge is 2.19. The summed E-state index contributed by atoms with van der Waals surface area (Å²) in [6.45, 7) is 2.80.